The molecule has 0 unspecified atom stereocenters. The minimum atomic E-state index is -0.171. The van der Waals surface area contributed by atoms with E-state index in [1.165, 1.54) is 25.3 Å². The van der Waals surface area contributed by atoms with Crippen LogP contribution in [0.3, 0.4) is 0 Å². The van der Waals surface area contributed by atoms with Gasteiger partial charge in [-0.2, -0.15) is 0 Å². The molecule has 1 heterocycles. The first-order valence-corrected chi connectivity index (χ1v) is 9.14. The van der Waals surface area contributed by atoms with E-state index in [0.29, 0.717) is 24.2 Å². The number of hydrogen-bond donors (Lipinski definition) is 1. The minimum absolute atomic E-state index is 0.132. The zero-order chi connectivity index (χ0) is 16.9. The molecule has 4 nitrogen and oxygen atoms in total. The third kappa shape index (κ3) is 4.26. The molecule has 2 atom stereocenters. The molecule has 1 aromatic rings. The van der Waals surface area contributed by atoms with Gasteiger partial charge in [0.1, 0.15) is 5.82 Å². The van der Waals surface area contributed by atoms with E-state index >= 15 is 0 Å². The highest BCUT2D eigenvalue weighted by Gasteiger charge is 2.25. The van der Waals surface area contributed by atoms with Crippen molar-refractivity contribution in [2.24, 2.45) is 5.92 Å². The molecule has 1 saturated heterocycles. The maximum atomic E-state index is 13.9. The Morgan fingerprint density at radius 1 is 1.17 bits per heavy atom. The van der Waals surface area contributed by atoms with Crippen molar-refractivity contribution in [2.75, 3.05) is 37.6 Å². The largest absolute Gasteiger partial charge is 0.367 e. The molecule has 24 heavy (non-hydrogen) atoms. The van der Waals surface area contributed by atoms with Gasteiger partial charge in [-0.15, -0.1) is 0 Å². The summed E-state index contributed by atoms with van der Waals surface area (Å²) in [5.74, 6) is 0.545. The molecular weight excluding hydrogens is 305 g/mol. The Hall–Kier alpha value is -1.62. The van der Waals surface area contributed by atoms with E-state index in [1.807, 2.05) is 12.1 Å². The molecule has 1 aliphatic carbocycles. The smallest absolute Gasteiger partial charge is 0.234 e. The Morgan fingerprint density at radius 2 is 1.88 bits per heavy atom. The fourth-order valence-electron chi connectivity index (χ4n) is 3.84. The molecule has 2 fully saturated rings. The number of para-hydroxylation sites is 1. The van der Waals surface area contributed by atoms with Gasteiger partial charge in [0.2, 0.25) is 5.91 Å². The summed E-state index contributed by atoms with van der Waals surface area (Å²) in [5.41, 5.74) is 0.664. The lowest BCUT2D eigenvalue weighted by Crippen LogP contribution is -2.51. The van der Waals surface area contributed by atoms with E-state index in [1.54, 1.807) is 6.07 Å². The fraction of sp³-hybridized carbons (Fsp3) is 0.632. The van der Waals surface area contributed by atoms with Crippen molar-refractivity contribution in [1.82, 2.24) is 10.2 Å². The van der Waals surface area contributed by atoms with Crippen LogP contribution in [0.25, 0.3) is 0 Å². The first-order valence-electron chi connectivity index (χ1n) is 9.14. The highest BCUT2D eigenvalue weighted by atomic mass is 19.1. The zero-order valence-corrected chi connectivity index (χ0v) is 14.5. The number of carbonyl (C=O) groups excluding carboxylic acids is 1. The van der Waals surface area contributed by atoms with Gasteiger partial charge in [0.05, 0.1) is 12.2 Å². The highest BCUT2D eigenvalue weighted by molar-refractivity contribution is 5.78. The monoisotopic (exact) mass is 333 g/mol. The van der Waals surface area contributed by atoms with E-state index in [0.717, 1.165) is 32.6 Å². The summed E-state index contributed by atoms with van der Waals surface area (Å²) in [6, 6.07) is 7.24. The van der Waals surface area contributed by atoms with Gasteiger partial charge in [0.15, 0.2) is 0 Å². The fourth-order valence-corrected chi connectivity index (χ4v) is 3.84. The molecule has 1 saturated carbocycles. The van der Waals surface area contributed by atoms with Crippen LogP contribution in [0.2, 0.25) is 0 Å². The number of nitrogens with zero attached hydrogens (tertiary/aromatic N) is 2. The molecule has 5 heteroatoms. The van der Waals surface area contributed by atoms with E-state index < -0.39 is 0 Å². The predicted molar refractivity (Wildman–Crippen MR) is 94.6 cm³/mol. The van der Waals surface area contributed by atoms with Gasteiger partial charge in [0, 0.05) is 32.2 Å². The van der Waals surface area contributed by atoms with Crippen LogP contribution < -0.4 is 10.2 Å². The van der Waals surface area contributed by atoms with Crippen LogP contribution in [0.4, 0.5) is 10.1 Å². The molecule has 0 radical (unpaired) electrons. The number of benzene rings is 1. The molecule has 1 amide bonds. The summed E-state index contributed by atoms with van der Waals surface area (Å²) in [7, 11) is 0. The Labute approximate surface area is 144 Å². The zero-order valence-electron chi connectivity index (χ0n) is 14.5. The standard InChI is InChI=1S/C19H28FN3O/c1-15-6-2-4-8-17(15)21-19(24)14-22-10-12-23(13-11-22)18-9-5-3-7-16(18)20/h3,5,7,9,15,17H,2,4,6,8,10-14H2,1H3,(H,21,24)/t15-,17-/m0/s1. The van der Waals surface area contributed by atoms with Crippen molar-refractivity contribution < 1.29 is 9.18 Å². The lowest BCUT2D eigenvalue weighted by molar-refractivity contribution is -0.123. The molecule has 0 spiro atoms. The maximum Gasteiger partial charge on any atom is 0.234 e. The quantitative estimate of drug-likeness (QED) is 0.920. The van der Waals surface area contributed by atoms with Crippen molar-refractivity contribution in [1.29, 1.82) is 0 Å². The second-order valence-electron chi connectivity index (χ2n) is 7.15. The molecule has 132 valence electrons. The number of halogens is 1. The first kappa shape index (κ1) is 17.2. The Balaban J connectivity index is 1.45. The third-order valence-electron chi connectivity index (χ3n) is 5.39. The Bertz CT molecular complexity index is 557. The number of amides is 1. The van der Waals surface area contributed by atoms with Crippen LogP contribution in [0.15, 0.2) is 24.3 Å². The number of hydrogen-bond acceptors (Lipinski definition) is 3. The van der Waals surface area contributed by atoms with Crippen molar-refractivity contribution in [3.8, 4) is 0 Å². The van der Waals surface area contributed by atoms with Gasteiger partial charge >= 0.3 is 0 Å². The van der Waals surface area contributed by atoms with E-state index in [9.17, 15) is 9.18 Å². The molecule has 2 aliphatic rings. The molecule has 1 aromatic carbocycles. The van der Waals surface area contributed by atoms with Crippen molar-refractivity contribution in [2.45, 2.75) is 38.6 Å². The lowest BCUT2D eigenvalue weighted by atomic mass is 9.86. The van der Waals surface area contributed by atoms with Crippen LogP contribution in [-0.2, 0) is 4.79 Å². The second-order valence-corrected chi connectivity index (χ2v) is 7.15. The minimum Gasteiger partial charge on any atom is -0.367 e. The molecule has 1 N–H and O–H groups in total. The number of anilines is 1. The highest BCUT2D eigenvalue weighted by Crippen LogP contribution is 2.24. The first-order chi connectivity index (χ1) is 11.6. The maximum absolute atomic E-state index is 13.9. The van der Waals surface area contributed by atoms with Crippen LogP contribution in [-0.4, -0.2) is 49.6 Å². The number of nitrogens with one attached hydrogen (secondary N) is 1. The van der Waals surface area contributed by atoms with Gasteiger partial charge in [-0.05, 0) is 30.9 Å². The number of carbonyl (C=O) groups is 1. The Kier molecular flexibility index (Phi) is 5.72. The van der Waals surface area contributed by atoms with Crippen LogP contribution >= 0.6 is 0 Å². The molecule has 0 bridgehead atoms. The number of rotatable bonds is 4. The van der Waals surface area contributed by atoms with Crippen molar-refractivity contribution in [3.63, 3.8) is 0 Å². The SMILES string of the molecule is C[C@H]1CCCC[C@@H]1NC(=O)CN1CCN(c2ccccc2F)CC1. The molecule has 3 rings (SSSR count). The van der Waals surface area contributed by atoms with Gasteiger partial charge in [-0.3, -0.25) is 9.69 Å². The van der Waals surface area contributed by atoms with E-state index in [2.05, 4.69) is 22.0 Å². The van der Waals surface area contributed by atoms with Gasteiger partial charge in [-0.25, -0.2) is 4.39 Å². The average Bonchev–Trinajstić information content (AvgIpc) is 2.58. The topological polar surface area (TPSA) is 35.6 Å². The van der Waals surface area contributed by atoms with Gasteiger partial charge in [0.25, 0.3) is 0 Å². The predicted octanol–water partition coefficient (Wildman–Crippen LogP) is 2.64. The summed E-state index contributed by atoms with van der Waals surface area (Å²) < 4.78 is 13.9. The summed E-state index contributed by atoms with van der Waals surface area (Å²) >= 11 is 0. The Morgan fingerprint density at radius 3 is 2.58 bits per heavy atom. The molecule has 0 aromatic heterocycles. The molecule has 1 aliphatic heterocycles. The summed E-state index contributed by atoms with van der Waals surface area (Å²) in [5, 5.41) is 3.21. The van der Waals surface area contributed by atoms with Gasteiger partial charge in [-0.1, -0.05) is 31.9 Å². The van der Waals surface area contributed by atoms with E-state index in [-0.39, 0.29) is 11.7 Å². The van der Waals surface area contributed by atoms with E-state index in [4.69, 9.17) is 0 Å². The van der Waals surface area contributed by atoms with Crippen LogP contribution in [0.1, 0.15) is 32.6 Å². The summed E-state index contributed by atoms with van der Waals surface area (Å²) in [4.78, 5) is 16.5. The number of piperazine rings is 1. The third-order valence-corrected chi connectivity index (χ3v) is 5.39. The van der Waals surface area contributed by atoms with Crippen LogP contribution in [0, 0.1) is 11.7 Å². The summed E-state index contributed by atoms with van der Waals surface area (Å²) in [6.45, 7) is 5.79. The van der Waals surface area contributed by atoms with Crippen LogP contribution in [0.5, 0.6) is 0 Å². The normalized spacial score (nSPS) is 25.5. The second kappa shape index (κ2) is 7.97. The lowest BCUT2D eigenvalue weighted by Gasteiger charge is -2.36. The summed E-state index contributed by atoms with van der Waals surface area (Å²) in [6.07, 6.45) is 4.82. The average molecular weight is 333 g/mol. The molecular formula is C19H28FN3O. The van der Waals surface area contributed by atoms with Gasteiger partial charge < -0.3 is 10.2 Å². The van der Waals surface area contributed by atoms with Crippen molar-refractivity contribution in [3.05, 3.63) is 30.1 Å². The van der Waals surface area contributed by atoms with Crippen molar-refractivity contribution >= 4 is 11.6 Å².